The molecule has 0 radical (unpaired) electrons. The molecule has 0 bridgehead atoms. The van der Waals surface area contributed by atoms with Crippen LogP contribution >= 0.6 is 43.0 Å². The molecule has 10 heteroatoms. The first-order valence-corrected chi connectivity index (χ1v) is 13.8. The molecule has 0 nitrogen and oxygen atoms in total. The fourth-order valence-electron chi connectivity index (χ4n) is 0.0745. The lowest BCUT2D eigenvalue weighted by molar-refractivity contribution is 5.33. The van der Waals surface area contributed by atoms with Gasteiger partial charge in [0.25, 0.3) is 0 Å². The molecule has 0 fully saturated rings. The quantitative estimate of drug-likeness (QED) is 0.598. The van der Waals surface area contributed by atoms with E-state index < -0.39 is 10.4 Å². The lowest BCUT2D eigenvalue weighted by Crippen LogP contribution is -1.96. The van der Waals surface area contributed by atoms with E-state index in [4.69, 9.17) is 44.8 Å². The van der Waals surface area contributed by atoms with Crippen LogP contribution in [0.4, 0.5) is 0 Å². The van der Waals surface area contributed by atoms with Gasteiger partial charge in [-0.25, -0.2) is 0 Å². The molecular weight excluding hydrogens is 321 g/mol. The van der Waals surface area contributed by atoms with Gasteiger partial charge in [-0.1, -0.05) is 23.3 Å². The van der Waals surface area contributed by atoms with E-state index in [1.54, 1.807) is 0 Å². The van der Waals surface area contributed by atoms with Crippen LogP contribution in [0, 0.1) is 0 Å². The van der Waals surface area contributed by atoms with Crippen molar-refractivity contribution in [3.8, 4) is 0 Å². The summed E-state index contributed by atoms with van der Waals surface area (Å²) in [4.78, 5) is 0. The Morgan fingerprint density at radius 1 is 0.800 bits per heavy atom. The van der Waals surface area contributed by atoms with Crippen LogP contribution in [0.25, 0.3) is 0 Å². The van der Waals surface area contributed by atoms with Gasteiger partial charge in [-0.2, -0.15) is 0 Å². The summed E-state index contributed by atoms with van der Waals surface area (Å²) in [7, 11) is 2.25. The van der Waals surface area contributed by atoms with Gasteiger partial charge in [-0.05, 0) is 64.4 Å². The topological polar surface area (TPSA) is 0 Å². The van der Waals surface area contributed by atoms with Crippen molar-refractivity contribution in [2.24, 2.45) is 0 Å². The summed E-state index contributed by atoms with van der Waals surface area (Å²) < 4.78 is 0. The molecule has 0 spiro atoms. The molecule has 0 aromatic heterocycles. The van der Waals surface area contributed by atoms with E-state index in [9.17, 15) is 0 Å². The predicted octanol–water partition coefficient (Wildman–Crippen LogP) is 2.04. The summed E-state index contributed by atoms with van der Waals surface area (Å²) >= 11 is 28.0. The monoisotopic (exact) mass is 322 g/mol. The highest BCUT2D eigenvalue weighted by molar-refractivity contribution is 9.53. The summed E-state index contributed by atoms with van der Waals surface area (Å²) in [5.41, 5.74) is 0. The van der Waals surface area contributed by atoms with E-state index in [1.807, 2.05) is 0 Å². The first-order valence-electron chi connectivity index (χ1n) is 1.53. The van der Waals surface area contributed by atoms with Crippen LogP contribution in [0.2, 0.25) is 0 Å². The van der Waals surface area contributed by atoms with Crippen LogP contribution in [0.5, 0.6) is 0 Å². The summed E-state index contributed by atoms with van der Waals surface area (Å²) in [6, 6.07) is 0. The Labute approximate surface area is 96.5 Å². The minimum absolute atomic E-state index is 1.12. The van der Waals surface area contributed by atoms with Crippen LogP contribution in [0.3, 0.4) is 0 Å². The van der Waals surface area contributed by atoms with Crippen molar-refractivity contribution >= 4 is 98.1 Å². The van der Waals surface area contributed by atoms with E-state index in [0.717, 1.165) is 19.7 Å². The molecule has 0 saturated heterocycles. The van der Waals surface area contributed by atoms with Crippen molar-refractivity contribution < 1.29 is 0 Å². The standard InChI is InChI=1S/H2S10/c1-7-9(3,4)10(5,6)8-2/h1-2H. The molecule has 0 aromatic rings. The van der Waals surface area contributed by atoms with Gasteiger partial charge in [0.1, 0.15) is 0 Å². The number of thiol groups is 2. The molecule has 0 aromatic carbocycles. The fraction of sp³-hybridized carbons (Fsp3) is 0. The highest BCUT2D eigenvalue weighted by atomic mass is 34.2. The molecule has 0 heterocycles. The van der Waals surface area contributed by atoms with Gasteiger partial charge in [0.05, 0.1) is 0 Å². The van der Waals surface area contributed by atoms with Crippen molar-refractivity contribution in [1.29, 1.82) is 0 Å². The number of rotatable bonds is 3. The molecule has 0 atom stereocenters. The maximum Gasteiger partial charge on any atom is 0.0375 e. The molecule has 0 saturated carbocycles. The van der Waals surface area contributed by atoms with Crippen molar-refractivity contribution in [2.75, 3.05) is 0 Å². The summed E-state index contributed by atoms with van der Waals surface area (Å²) in [5, 5.41) is -3.60. The second-order valence-corrected chi connectivity index (χ2v) is 26.1. The molecule has 62 valence electrons. The Kier molecular flexibility index (Phi) is 6.50. The highest BCUT2D eigenvalue weighted by Gasteiger charge is 2.11. The van der Waals surface area contributed by atoms with E-state index in [2.05, 4.69) is 23.3 Å². The van der Waals surface area contributed by atoms with Crippen LogP contribution < -0.4 is 0 Å². The van der Waals surface area contributed by atoms with Gasteiger partial charge in [-0.15, -0.1) is 0 Å². The Morgan fingerprint density at radius 3 is 1.10 bits per heavy atom. The average Bonchev–Trinajstić information content (AvgIpc) is 1.88. The first kappa shape index (κ1) is 13.0. The predicted molar refractivity (Wildman–Crippen MR) is 77.3 cm³/mol. The number of hydrogen-bond acceptors (Lipinski definition) is 8. The Hall–Kier alpha value is 2.98. The summed E-state index contributed by atoms with van der Waals surface area (Å²) in [6.07, 6.45) is 0. The third-order valence-electron chi connectivity index (χ3n) is 0.433. The first-order chi connectivity index (χ1) is 4.37. The smallest absolute Gasteiger partial charge is 0.0375 e. The van der Waals surface area contributed by atoms with E-state index in [1.165, 1.54) is 0 Å². The zero-order chi connectivity index (χ0) is 8.41. The lowest BCUT2D eigenvalue weighted by Gasteiger charge is -2.08. The van der Waals surface area contributed by atoms with Crippen molar-refractivity contribution in [3.05, 3.63) is 0 Å². The van der Waals surface area contributed by atoms with Gasteiger partial charge in [0, 0.05) is 10.4 Å². The zero-order valence-electron chi connectivity index (χ0n) is 4.16. The fourth-order valence-corrected chi connectivity index (χ4v) is 18.1. The normalized spacial score (nSPS) is 13.4. The maximum atomic E-state index is 5.02. The molecular formula is H2S10. The van der Waals surface area contributed by atoms with E-state index in [0.29, 0.717) is 0 Å². The average molecular weight is 323 g/mol. The molecule has 0 rings (SSSR count). The van der Waals surface area contributed by atoms with Crippen molar-refractivity contribution in [1.82, 2.24) is 0 Å². The Morgan fingerprint density at radius 2 is 1.00 bits per heavy atom. The van der Waals surface area contributed by atoms with E-state index in [-0.39, 0.29) is 0 Å². The molecule has 0 unspecified atom stereocenters. The summed E-state index contributed by atoms with van der Waals surface area (Å²) in [5.74, 6) is 0. The van der Waals surface area contributed by atoms with Gasteiger partial charge in [0.15, 0.2) is 0 Å². The molecule has 10 heavy (non-hydrogen) atoms. The Bertz CT molecular complexity index is 236. The SMILES string of the molecule is S=S(=S)(SS)S(=S)(=S)SS. The largest absolute Gasteiger partial charge is 0.0983 e. The molecule has 0 amide bonds. The van der Waals surface area contributed by atoms with E-state index >= 15 is 0 Å². The zero-order valence-corrected chi connectivity index (χ0v) is 12.5. The second-order valence-electron chi connectivity index (χ2n) is 0.966. The Balaban J connectivity index is 5.05. The van der Waals surface area contributed by atoms with Gasteiger partial charge >= 0.3 is 0 Å². The minimum atomic E-state index is -1.80. The van der Waals surface area contributed by atoms with Crippen LogP contribution in [-0.2, 0) is 55.2 Å². The van der Waals surface area contributed by atoms with Crippen LogP contribution in [0.15, 0.2) is 0 Å². The van der Waals surface area contributed by atoms with Gasteiger partial charge in [0.2, 0.25) is 0 Å². The molecule has 0 aliphatic rings. The molecule has 0 aliphatic heterocycles. The molecule has 0 N–H and O–H groups in total. The van der Waals surface area contributed by atoms with Crippen molar-refractivity contribution in [3.63, 3.8) is 0 Å². The highest BCUT2D eigenvalue weighted by Crippen LogP contribution is 2.34. The molecule has 0 aliphatic carbocycles. The minimum Gasteiger partial charge on any atom is -0.0983 e. The van der Waals surface area contributed by atoms with Gasteiger partial charge in [-0.3, -0.25) is 0 Å². The number of hydrogen-bond donors (Lipinski definition) is 2. The maximum absolute atomic E-state index is 5.02. The summed E-state index contributed by atoms with van der Waals surface area (Å²) in [6.45, 7) is 0. The second kappa shape index (κ2) is 5.01. The van der Waals surface area contributed by atoms with Crippen molar-refractivity contribution in [2.45, 2.75) is 0 Å². The van der Waals surface area contributed by atoms with Gasteiger partial charge < -0.3 is 0 Å². The third-order valence-corrected chi connectivity index (χ3v) is 35.0. The van der Waals surface area contributed by atoms with Crippen LogP contribution in [0.1, 0.15) is 0 Å². The van der Waals surface area contributed by atoms with Crippen LogP contribution in [-0.4, -0.2) is 0 Å². The lowest BCUT2D eigenvalue weighted by atomic mass is 30.0. The third kappa shape index (κ3) is 3.38.